The highest BCUT2D eigenvalue weighted by Gasteiger charge is 2.40. The molecule has 0 radical (unpaired) electrons. The fraction of sp³-hybridized carbons (Fsp3) is 0.714. The maximum atomic E-state index is 5.96. The van der Waals surface area contributed by atoms with E-state index in [0.29, 0.717) is 11.6 Å². The van der Waals surface area contributed by atoms with Crippen LogP contribution in [0.2, 0.25) is 0 Å². The van der Waals surface area contributed by atoms with E-state index in [1.165, 1.54) is 44.2 Å². The highest BCUT2D eigenvalue weighted by molar-refractivity contribution is 5.13. The van der Waals surface area contributed by atoms with Gasteiger partial charge in [-0.3, -0.25) is 4.90 Å². The molecule has 0 aromatic heterocycles. The van der Waals surface area contributed by atoms with Gasteiger partial charge in [0.1, 0.15) is 0 Å². The quantitative estimate of drug-likeness (QED) is 0.769. The molecule has 1 aliphatic carbocycles. The third-order valence-electron chi connectivity index (χ3n) is 5.67. The van der Waals surface area contributed by atoms with Crippen LogP contribution in [0.1, 0.15) is 51.5 Å². The number of ether oxygens (including phenoxy) is 1. The van der Waals surface area contributed by atoms with E-state index in [-0.39, 0.29) is 0 Å². The Morgan fingerprint density at radius 1 is 1.21 bits per heavy atom. The van der Waals surface area contributed by atoms with Crippen molar-refractivity contribution in [1.29, 1.82) is 0 Å². The number of nitrogens with zero attached hydrogens (tertiary/aromatic N) is 1. The van der Waals surface area contributed by atoms with Crippen LogP contribution in [0, 0.1) is 5.92 Å². The third-order valence-corrected chi connectivity index (χ3v) is 5.67. The molecule has 2 aliphatic rings. The molecule has 0 bridgehead atoms. The molecule has 2 fully saturated rings. The van der Waals surface area contributed by atoms with Crippen molar-refractivity contribution in [3.05, 3.63) is 35.9 Å². The van der Waals surface area contributed by atoms with E-state index in [4.69, 9.17) is 4.74 Å². The van der Waals surface area contributed by atoms with E-state index in [2.05, 4.69) is 54.4 Å². The smallest absolute Gasteiger partial charge is 0.0717 e. The van der Waals surface area contributed by atoms with Gasteiger partial charge in [0.15, 0.2) is 0 Å². The molecule has 1 aromatic carbocycles. The number of hydrogen-bond donors (Lipinski definition) is 1. The van der Waals surface area contributed by atoms with Gasteiger partial charge < -0.3 is 10.1 Å². The van der Waals surface area contributed by atoms with Crippen LogP contribution < -0.4 is 5.32 Å². The Hall–Kier alpha value is -0.900. The lowest BCUT2D eigenvalue weighted by atomic mass is 9.90. The molecular weight excluding hydrogens is 296 g/mol. The molecular formula is C21H34N2O. The van der Waals surface area contributed by atoms with Crippen LogP contribution in [0.15, 0.2) is 30.3 Å². The summed E-state index contributed by atoms with van der Waals surface area (Å²) in [5.74, 6) is 0.752. The normalized spacial score (nSPS) is 24.0. The molecule has 1 saturated carbocycles. The first-order chi connectivity index (χ1) is 11.7. The lowest BCUT2D eigenvalue weighted by Gasteiger charge is -2.47. The van der Waals surface area contributed by atoms with E-state index < -0.39 is 0 Å². The minimum absolute atomic E-state index is 0.396. The molecule has 1 N–H and O–H groups in total. The molecule has 0 amide bonds. The molecule has 134 valence electrons. The van der Waals surface area contributed by atoms with Gasteiger partial charge >= 0.3 is 0 Å². The highest BCUT2D eigenvalue weighted by Crippen LogP contribution is 2.34. The summed E-state index contributed by atoms with van der Waals surface area (Å²) in [4.78, 5) is 2.72. The Morgan fingerprint density at radius 3 is 2.67 bits per heavy atom. The van der Waals surface area contributed by atoms with Crippen LogP contribution in [-0.2, 0) is 11.3 Å². The molecule has 3 rings (SSSR count). The van der Waals surface area contributed by atoms with Crippen molar-refractivity contribution in [3.8, 4) is 0 Å². The third kappa shape index (κ3) is 4.81. The second-order valence-corrected chi connectivity index (χ2v) is 8.16. The molecule has 3 nitrogen and oxygen atoms in total. The standard InChI is InChI=1S/C21H34N2O/c1-18(2)14-20-15-22-21(10-6-7-11-21)17-23(20)12-13-24-16-19-8-4-3-5-9-19/h3-5,8-9,18,20,22H,6-7,10-17H2,1-2H3. The largest absolute Gasteiger partial charge is 0.375 e. The van der Waals surface area contributed by atoms with Crippen LogP contribution in [0.5, 0.6) is 0 Å². The number of rotatable bonds is 7. The fourth-order valence-electron chi connectivity index (χ4n) is 4.41. The fourth-order valence-corrected chi connectivity index (χ4v) is 4.41. The van der Waals surface area contributed by atoms with Gasteiger partial charge in [-0.15, -0.1) is 0 Å². The Kier molecular flexibility index (Phi) is 6.31. The average Bonchev–Trinajstić information content (AvgIpc) is 3.03. The summed E-state index contributed by atoms with van der Waals surface area (Å²) >= 11 is 0. The first kappa shape index (κ1) is 17.9. The van der Waals surface area contributed by atoms with Gasteiger partial charge in [0, 0.05) is 31.2 Å². The van der Waals surface area contributed by atoms with Gasteiger partial charge in [-0.05, 0) is 30.7 Å². The molecule has 1 unspecified atom stereocenters. The predicted octanol–water partition coefficient (Wildman–Crippen LogP) is 3.84. The van der Waals surface area contributed by atoms with Crippen LogP contribution >= 0.6 is 0 Å². The topological polar surface area (TPSA) is 24.5 Å². The van der Waals surface area contributed by atoms with Crippen LogP contribution in [0.3, 0.4) is 0 Å². The zero-order valence-electron chi connectivity index (χ0n) is 15.5. The molecule has 1 aliphatic heterocycles. The second-order valence-electron chi connectivity index (χ2n) is 8.16. The Bertz CT molecular complexity index is 482. The summed E-state index contributed by atoms with van der Waals surface area (Å²) in [6.07, 6.45) is 6.76. The van der Waals surface area contributed by atoms with E-state index in [0.717, 1.165) is 32.2 Å². The molecule has 24 heavy (non-hydrogen) atoms. The van der Waals surface area contributed by atoms with Crippen molar-refractivity contribution in [2.45, 2.75) is 64.1 Å². The van der Waals surface area contributed by atoms with E-state index in [1.807, 2.05) is 0 Å². The summed E-state index contributed by atoms with van der Waals surface area (Å²) < 4.78 is 5.96. The molecule has 1 spiro atoms. The molecule has 3 heteroatoms. The van der Waals surface area contributed by atoms with Gasteiger partial charge in [-0.25, -0.2) is 0 Å². The average molecular weight is 331 g/mol. The van der Waals surface area contributed by atoms with Gasteiger partial charge in [-0.1, -0.05) is 57.0 Å². The minimum Gasteiger partial charge on any atom is -0.375 e. The highest BCUT2D eigenvalue weighted by atomic mass is 16.5. The van der Waals surface area contributed by atoms with Crippen molar-refractivity contribution in [2.75, 3.05) is 26.2 Å². The first-order valence-corrected chi connectivity index (χ1v) is 9.78. The molecule has 1 saturated heterocycles. The van der Waals surface area contributed by atoms with Crippen molar-refractivity contribution < 1.29 is 4.74 Å². The minimum atomic E-state index is 0.396. The molecule has 1 aromatic rings. The number of piperazine rings is 1. The maximum Gasteiger partial charge on any atom is 0.0717 e. The lowest BCUT2D eigenvalue weighted by molar-refractivity contribution is 0.0305. The molecule has 1 atom stereocenters. The zero-order chi connectivity index (χ0) is 16.8. The van der Waals surface area contributed by atoms with E-state index >= 15 is 0 Å². The lowest BCUT2D eigenvalue weighted by Crippen LogP contribution is -2.63. The summed E-state index contributed by atoms with van der Waals surface area (Å²) in [6.45, 7) is 9.66. The number of benzene rings is 1. The van der Waals surface area contributed by atoms with Crippen molar-refractivity contribution in [2.24, 2.45) is 5.92 Å². The first-order valence-electron chi connectivity index (χ1n) is 9.78. The van der Waals surface area contributed by atoms with Gasteiger partial charge in [-0.2, -0.15) is 0 Å². The second kappa shape index (κ2) is 8.46. The van der Waals surface area contributed by atoms with Gasteiger partial charge in [0.2, 0.25) is 0 Å². The predicted molar refractivity (Wildman–Crippen MR) is 100 cm³/mol. The van der Waals surface area contributed by atoms with E-state index in [1.54, 1.807) is 0 Å². The monoisotopic (exact) mass is 330 g/mol. The zero-order valence-corrected chi connectivity index (χ0v) is 15.5. The van der Waals surface area contributed by atoms with Crippen LogP contribution in [-0.4, -0.2) is 42.7 Å². The van der Waals surface area contributed by atoms with Crippen LogP contribution in [0.4, 0.5) is 0 Å². The summed E-state index contributed by atoms with van der Waals surface area (Å²) in [6, 6.07) is 11.2. The SMILES string of the molecule is CC(C)CC1CNC2(CCCC2)CN1CCOCc1ccccc1. The summed E-state index contributed by atoms with van der Waals surface area (Å²) in [5.41, 5.74) is 1.66. The van der Waals surface area contributed by atoms with E-state index in [9.17, 15) is 0 Å². The van der Waals surface area contributed by atoms with Crippen LogP contribution in [0.25, 0.3) is 0 Å². The van der Waals surface area contributed by atoms with Crippen molar-refractivity contribution >= 4 is 0 Å². The maximum absolute atomic E-state index is 5.96. The summed E-state index contributed by atoms with van der Waals surface area (Å²) in [7, 11) is 0. The number of hydrogen-bond acceptors (Lipinski definition) is 3. The van der Waals surface area contributed by atoms with Gasteiger partial charge in [0.05, 0.1) is 13.2 Å². The molecule has 1 heterocycles. The summed E-state index contributed by atoms with van der Waals surface area (Å²) in [5, 5.41) is 3.91. The Labute approximate surface area is 147 Å². The van der Waals surface area contributed by atoms with Crippen molar-refractivity contribution in [3.63, 3.8) is 0 Å². The Balaban J connectivity index is 1.50. The number of nitrogens with one attached hydrogen (secondary N) is 1. The van der Waals surface area contributed by atoms with Gasteiger partial charge in [0.25, 0.3) is 0 Å². The Morgan fingerprint density at radius 2 is 1.96 bits per heavy atom. The van der Waals surface area contributed by atoms with Crippen molar-refractivity contribution in [1.82, 2.24) is 10.2 Å².